The van der Waals surface area contributed by atoms with Crippen molar-refractivity contribution >= 4 is 50.1 Å². The van der Waals surface area contributed by atoms with Gasteiger partial charge in [0.05, 0.1) is 22.0 Å². The van der Waals surface area contributed by atoms with E-state index in [1.165, 1.54) is 44.2 Å². The molecule has 0 saturated carbocycles. The molecule has 5 heteroatoms. The van der Waals surface area contributed by atoms with Crippen molar-refractivity contribution in [1.29, 1.82) is 0 Å². The highest BCUT2D eigenvalue weighted by atomic mass is 16.3. The lowest BCUT2D eigenvalue weighted by Crippen LogP contribution is -2.42. The van der Waals surface area contributed by atoms with E-state index in [1.54, 1.807) is 0 Å². The topological polar surface area (TPSA) is 45.7 Å². The minimum atomic E-state index is -0.355. The monoisotopic (exact) mass is 582 g/mol. The maximum absolute atomic E-state index is 6.54. The third-order valence-corrected chi connectivity index (χ3v) is 10.1. The zero-order valence-electron chi connectivity index (χ0n) is 25.0. The van der Waals surface area contributed by atoms with Gasteiger partial charge in [-0.1, -0.05) is 97.1 Å². The van der Waals surface area contributed by atoms with Crippen LogP contribution in [-0.2, 0) is 0 Å². The number of nitrogens with one attached hydrogen (secondary N) is 1. The van der Waals surface area contributed by atoms with Crippen LogP contribution in [0.1, 0.15) is 41.5 Å². The van der Waals surface area contributed by atoms with Gasteiger partial charge in [-0.15, -0.1) is 0 Å². The lowest BCUT2D eigenvalue weighted by molar-refractivity contribution is 0.253. The van der Waals surface area contributed by atoms with Crippen LogP contribution in [0, 0.1) is 0 Å². The number of fused-ring (bicyclic) bond motifs is 11. The normalized spacial score (nSPS) is 21.4. The van der Waals surface area contributed by atoms with E-state index in [9.17, 15) is 0 Å². The maximum Gasteiger partial charge on any atom is 0.228 e. The molecule has 5 nitrogen and oxygen atoms in total. The van der Waals surface area contributed by atoms with E-state index < -0.39 is 0 Å². The number of furan rings is 1. The first-order valence-corrected chi connectivity index (χ1v) is 15.6. The molecule has 0 radical (unpaired) electrons. The number of hydrogen-bond donors (Lipinski definition) is 1. The van der Waals surface area contributed by atoms with Gasteiger partial charge in [0, 0.05) is 35.1 Å². The zero-order chi connectivity index (χ0) is 29.9. The van der Waals surface area contributed by atoms with Gasteiger partial charge in [-0.25, -0.2) is 4.99 Å². The summed E-state index contributed by atoms with van der Waals surface area (Å²) in [4.78, 5) is 7.74. The van der Waals surface area contributed by atoms with Gasteiger partial charge in [0.1, 0.15) is 5.58 Å². The lowest BCUT2D eigenvalue weighted by atomic mass is 9.75. The molecular weight excluding hydrogens is 552 g/mol. The summed E-state index contributed by atoms with van der Waals surface area (Å²) in [5, 5.41) is 9.66. The molecule has 0 spiro atoms. The molecule has 7 aromatic rings. The molecule has 0 amide bonds. The third kappa shape index (κ3) is 3.30. The molecule has 0 fully saturated rings. The van der Waals surface area contributed by atoms with Gasteiger partial charge < -0.3 is 19.2 Å². The molecule has 1 N–H and O–H groups in total. The van der Waals surface area contributed by atoms with Crippen LogP contribution < -0.4 is 16.1 Å². The summed E-state index contributed by atoms with van der Waals surface area (Å²) in [6, 6.07) is 41.1. The quantitative estimate of drug-likeness (QED) is 0.227. The Morgan fingerprint density at radius 1 is 0.800 bits per heavy atom. The largest absolute Gasteiger partial charge is 0.438 e. The first kappa shape index (κ1) is 24.8. The van der Waals surface area contributed by atoms with E-state index in [0.29, 0.717) is 5.55 Å². The third-order valence-electron chi connectivity index (χ3n) is 10.1. The van der Waals surface area contributed by atoms with Crippen LogP contribution in [0.5, 0.6) is 0 Å². The highest BCUT2D eigenvalue weighted by Gasteiger charge is 2.46. The van der Waals surface area contributed by atoms with Crippen molar-refractivity contribution < 1.29 is 4.42 Å². The molecule has 3 unspecified atom stereocenters. The van der Waals surface area contributed by atoms with E-state index in [4.69, 9.17) is 9.41 Å². The fourth-order valence-electron chi connectivity index (χ4n) is 8.18. The molecule has 5 aromatic carbocycles. The number of aromatic nitrogens is 1. The number of hydrogen-bond acceptors (Lipinski definition) is 4. The Morgan fingerprint density at radius 2 is 1.56 bits per heavy atom. The van der Waals surface area contributed by atoms with Crippen LogP contribution in [0.2, 0.25) is 0 Å². The van der Waals surface area contributed by atoms with Crippen molar-refractivity contribution in [2.24, 2.45) is 4.99 Å². The summed E-state index contributed by atoms with van der Waals surface area (Å²) in [6.45, 7) is 2.31. The van der Waals surface area contributed by atoms with Gasteiger partial charge in [0.25, 0.3) is 0 Å². The second-order valence-corrected chi connectivity index (χ2v) is 12.7. The van der Waals surface area contributed by atoms with E-state index in [1.807, 2.05) is 12.1 Å². The summed E-state index contributed by atoms with van der Waals surface area (Å²) in [6.07, 6.45) is 4.29. The number of rotatable bonds is 2. The summed E-state index contributed by atoms with van der Waals surface area (Å²) in [7, 11) is 2.17. The first-order valence-electron chi connectivity index (χ1n) is 15.6. The minimum Gasteiger partial charge on any atom is -0.438 e. The van der Waals surface area contributed by atoms with Crippen molar-refractivity contribution in [3.8, 4) is 0 Å². The Balaban J connectivity index is 1.26. The summed E-state index contributed by atoms with van der Waals surface area (Å²) in [5.41, 5.74) is 9.82. The van der Waals surface area contributed by atoms with E-state index in [2.05, 4.69) is 144 Å². The van der Waals surface area contributed by atoms with Gasteiger partial charge in [0.15, 0.2) is 0 Å². The maximum atomic E-state index is 6.54. The van der Waals surface area contributed by atoms with Crippen molar-refractivity contribution in [1.82, 2.24) is 9.47 Å². The molecule has 3 atom stereocenters. The zero-order valence-corrected chi connectivity index (χ0v) is 25.0. The highest BCUT2D eigenvalue weighted by Crippen LogP contribution is 2.54. The van der Waals surface area contributed by atoms with E-state index in [0.717, 1.165) is 27.4 Å². The number of anilines is 1. The number of para-hydroxylation sites is 3. The Morgan fingerprint density at radius 3 is 2.47 bits per heavy atom. The fourth-order valence-corrected chi connectivity index (χ4v) is 8.18. The van der Waals surface area contributed by atoms with Crippen LogP contribution >= 0.6 is 0 Å². The Hall–Kier alpha value is -5.55. The van der Waals surface area contributed by atoms with Crippen molar-refractivity contribution in [2.45, 2.75) is 24.7 Å². The molecule has 2 aliphatic heterocycles. The molecule has 4 heterocycles. The second kappa shape index (κ2) is 8.76. The predicted octanol–water partition coefficient (Wildman–Crippen LogP) is 7.76. The van der Waals surface area contributed by atoms with Gasteiger partial charge in [-0.05, 0) is 64.7 Å². The Labute approximate surface area is 260 Å². The van der Waals surface area contributed by atoms with Crippen LogP contribution in [0.4, 0.5) is 5.69 Å². The predicted molar refractivity (Wildman–Crippen MR) is 182 cm³/mol. The van der Waals surface area contributed by atoms with E-state index >= 15 is 0 Å². The second-order valence-electron chi connectivity index (χ2n) is 12.7. The summed E-state index contributed by atoms with van der Waals surface area (Å²) in [5.74, 6) is 0.180. The molecule has 2 aromatic heterocycles. The number of nitrogens with zero attached hydrogens (tertiary/aromatic N) is 3. The smallest absolute Gasteiger partial charge is 0.228 e. The lowest BCUT2D eigenvalue weighted by Gasteiger charge is -2.36. The van der Waals surface area contributed by atoms with Crippen LogP contribution in [-0.4, -0.2) is 22.1 Å². The van der Waals surface area contributed by atoms with Gasteiger partial charge >= 0.3 is 0 Å². The molecule has 10 rings (SSSR count). The molecule has 0 saturated heterocycles. The molecular formula is C40H30N4O. The Kier molecular flexibility index (Phi) is 4.84. The average molecular weight is 583 g/mol. The van der Waals surface area contributed by atoms with Crippen LogP contribution in [0.25, 0.3) is 44.4 Å². The number of benzene rings is 5. The highest BCUT2D eigenvalue weighted by molar-refractivity contribution is 5.93. The van der Waals surface area contributed by atoms with E-state index in [-0.39, 0.29) is 17.7 Å². The van der Waals surface area contributed by atoms with Crippen molar-refractivity contribution in [3.63, 3.8) is 0 Å². The SMILES string of the molecule is CN1C(c2ccc3ccccc3c2)=c2c(oc3ccccc23)=NC1n1c2c(c3ccccc31)C1c3ccccc3NC1(C)C=C2. The van der Waals surface area contributed by atoms with Crippen LogP contribution in [0.15, 0.2) is 131 Å². The average Bonchev–Trinajstić information content (AvgIpc) is 3.70. The van der Waals surface area contributed by atoms with Gasteiger partial charge in [0.2, 0.25) is 11.8 Å². The molecule has 0 bridgehead atoms. The molecule has 45 heavy (non-hydrogen) atoms. The van der Waals surface area contributed by atoms with Crippen molar-refractivity contribution in [2.75, 3.05) is 12.4 Å². The first-order chi connectivity index (χ1) is 22.1. The minimum absolute atomic E-state index is 0.180. The van der Waals surface area contributed by atoms with Gasteiger partial charge in [-0.2, -0.15) is 0 Å². The molecule has 216 valence electrons. The summed E-state index contributed by atoms with van der Waals surface area (Å²) >= 11 is 0. The standard InChI is InChI=1S/C40H30N4O/c1-40-22-21-32-34(36(40)27-13-5-8-16-30(27)42-40)28-14-6-9-17-31(28)44(32)39-41-38-35(29-15-7-10-18-33(29)45-38)37(43(39)2)26-20-19-24-11-3-4-12-25(24)23-26/h3-23,36,39,42H,1-2H3. The summed E-state index contributed by atoms with van der Waals surface area (Å²) < 4.78 is 8.95. The van der Waals surface area contributed by atoms with Crippen LogP contribution in [0.3, 0.4) is 0 Å². The van der Waals surface area contributed by atoms with Gasteiger partial charge in [-0.3, -0.25) is 0 Å². The fraction of sp³-hybridized carbons (Fsp3) is 0.125. The molecule has 3 aliphatic rings. The Bertz CT molecular complexity index is 2540. The molecule has 1 aliphatic carbocycles. The van der Waals surface area contributed by atoms with Crippen molar-refractivity contribution in [3.05, 3.63) is 154 Å².